The van der Waals surface area contributed by atoms with Crippen LogP contribution in [0.15, 0.2) is 30.6 Å². The molecule has 0 aliphatic rings. The van der Waals surface area contributed by atoms with Gasteiger partial charge < -0.3 is 9.80 Å². The van der Waals surface area contributed by atoms with Gasteiger partial charge in [-0.3, -0.25) is 4.98 Å². The first-order valence-electron chi connectivity index (χ1n) is 7.65. The Bertz CT molecular complexity index is 565. The first-order valence-corrected chi connectivity index (χ1v) is 7.65. The van der Waals surface area contributed by atoms with Crippen molar-refractivity contribution in [2.45, 2.75) is 26.8 Å². The van der Waals surface area contributed by atoms with Crippen LogP contribution in [-0.2, 0) is 6.54 Å². The first-order chi connectivity index (χ1) is 10.5. The molecule has 5 heteroatoms. The molecule has 2 aromatic rings. The molecule has 0 bridgehead atoms. The molecule has 0 atom stereocenters. The quantitative estimate of drug-likeness (QED) is 0.786. The van der Waals surface area contributed by atoms with E-state index in [-0.39, 0.29) is 0 Å². The third kappa shape index (κ3) is 5.07. The van der Waals surface area contributed by atoms with Crippen LogP contribution in [-0.4, -0.2) is 47.0 Å². The number of aryl methyl sites for hydroxylation is 2. The third-order valence-electron chi connectivity index (χ3n) is 3.58. The number of rotatable bonds is 7. The molecule has 0 fully saturated rings. The summed E-state index contributed by atoms with van der Waals surface area (Å²) in [6.07, 6.45) is 4.79. The highest BCUT2D eigenvalue weighted by Crippen LogP contribution is 2.11. The van der Waals surface area contributed by atoms with Gasteiger partial charge in [-0.05, 0) is 51.6 Å². The number of hydrogen-bond donors (Lipinski definition) is 0. The average Bonchev–Trinajstić information content (AvgIpc) is 2.47. The molecule has 0 spiro atoms. The van der Waals surface area contributed by atoms with E-state index in [4.69, 9.17) is 0 Å². The van der Waals surface area contributed by atoms with Crippen molar-refractivity contribution in [1.82, 2.24) is 19.9 Å². The van der Waals surface area contributed by atoms with E-state index >= 15 is 0 Å². The van der Waals surface area contributed by atoms with Crippen LogP contribution in [0, 0.1) is 13.8 Å². The Morgan fingerprint density at radius 3 is 2.41 bits per heavy atom. The summed E-state index contributed by atoms with van der Waals surface area (Å²) in [7, 11) is 4.24. The third-order valence-corrected chi connectivity index (χ3v) is 3.58. The van der Waals surface area contributed by atoms with Crippen LogP contribution in [0.25, 0.3) is 0 Å². The summed E-state index contributed by atoms with van der Waals surface area (Å²) in [5.41, 5.74) is 2.32. The Kier molecular flexibility index (Phi) is 5.83. The predicted octanol–water partition coefficient (Wildman–Crippen LogP) is 2.45. The molecule has 2 rings (SSSR count). The molecular weight excluding hydrogens is 274 g/mol. The van der Waals surface area contributed by atoms with Gasteiger partial charge in [-0.1, -0.05) is 0 Å². The van der Waals surface area contributed by atoms with E-state index in [9.17, 15) is 0 Å². The van der Waals surface area contributed by atoms with Gasteiger partial charge in [-0.15, -0.1) is 0 Å². The molecule has 0 N–H and O–H groups in total. The zero-order valence-electron chi connectivity index (χ0n) is 14.0. The van der Waals surface area contributed by atoms with E-state index in [2.05, 4.69) is 51.0 Å². The van der Waals surface area contributed by atoms with Gasteiger partial charge in [-0.2, -0.15) is 0 Å². The zero-order valence-corrected chi connectivity index (χ0v) is 14.0. The van der Waals surface area contributed by atoms with Gasteiger partial charge >= 0.3 is 0 Å². The van der Waals surface area contributed by atoms with Crippen molar-refractivity contribution in [3.8, 4) is 0 Å². The molecular formula is C17H25N5. The first kappa shape index (κ1) is 16.4. The molecule has 2 heterocycles. The van der Waals surface area contributed by atoms with Crippen LogP contribution < -0.4 is 4.90 Å². The summed E-state index contributed by atoms with van der Waals surface area (Å²) in [5, 5.41) is 0. The molecule has 22 heavy (non-hydrogen) atoms. The Labute approximate surface area is 133 Å². The molecule has 2 aromatic heterocycles. The van der Waals surface area contributed by atoms with Crippen molar-refractivity contribution in [3.05, 3.63) is 47.7 Å². The number of anilines is 1. The lowest BCUT2D eigenvalue weighted by Gasteiger charge is -2.21. The van der Waals surface area contributed by atoms with Crippen LogP contribution >= 0.6 is 0 Å². The largest absolute Gasteiger partial charge is 0.360 e. The van der Waals surface area contributed by atoms with E-state index in [0.717, 1.165) is 43.4 Å². The minimum absolute atomic E-state index is 0.830. The van der Waals surface area contributed by atoms with Crippen LogP contribution in [0.5, 0.6) is 0 Å². The lowest BCUT2D eigenvalue weighted by molar-refractivity contribution is 0.323. The molecule has 0 aliphatic heterocycles. The Morgan fingerprint density at radius 1 is 1.00 bits per heavy atom. The highest BCUT2D eigenvalue weighted by atomic mass is 15.2. The molecule has 0 radical (unpaired) electrons. The second-order valence-corrected chi connectivity index (χ2v) is 5.78. The fourth-order valence-corrected chi connectivity index (χ4v) is 2.46. The lowest BCUT2D eigenvalue weighted by atomic mass is 10.2. The van der Waals surface area contributed by atoms with Crippen molar-refractivity contribution in [2.24, 2.45) is 0 Å². The SMILES string of the molecule is Cc1cc(N(C)CCCN(C)Cc2ccncc2)nc(C)n1. The normalized spacial score (nSPS) is 11.0. The Morgan fingerprint density at radius 2 is 1.73 bits per heavy atom. The van der Waals surface area contributed by atoms with Gasteiger partial charge in [-0.25, -0.2) is 9.97 Å². The molecule has 0 saturated carbocycles. The van der Waals surface area contributed by atoms with Crippen molar-refractivity contribution in [1.29, 1.82) is 0 Å². The Hall–Kier alpha value is -2.01. The smallest absolute Gasteiger partial charge is 0.132 e. The molecule has 5 nitrogen and oxygen atoms in total. The summed E-state index contributed by atoms with van der Waals surface area (Å²) in [6, 6.07) is 6.16. The van der Waals surface area contributed by atoms with Gasteiger partial charge in [0.1, 0.15) is 11.6 Å². The number of nitrogens with zero attached hydrogens (tertiary/aromatic N) is 5. The maximum Gasteiger partial charge on any atom is 0.132 e. The molecule has 0 aromatic carbocycles. The summed E-state index contributed by atoms with van der Waals surface area (Å²) in [5.74, 6) is 1.83. The van der Waals surface area contributed by atoms with E-state index < -0.39 is 0 Å². The monoisotopic (exact) mass is 299 g/mol. The van der Waals surface area contributed by atoms with Gasteiger partial charge in [0.05, 0.1) is 0 Å². The van der Waals surface area contributed by atoms with Crippen LogP contribution in [0.2, 0.25) is 0 Å². The molecule has 0 saturated heterocycles. The second kappa shape index (κ2) is 7.84. The zero-order chi connectivity index (χ0) is 15.9. The van der Waals surface area contributed by atoms with Crippen LogP contribution in [0.4, 0.5) is 5.82 Å². The van der Waals surface area contributed by atoms with Crippen LogP contribution in [0.3, 0.4) is 0 Å². The van der Waals surface area contributed by atoms with Crippen molar-refractivity contribution in [2.75, 3.05) is 32.1 Å². The minimum atomic E-state index is 0.830. The molecule has 118 valence electrons. The van der Waals surface area contributed by atoms with E-state index in [0.29, 0.717) is 0 Å². The van der Waals surface area contributed by atoms with E-state index in [1.54, 1.807) is 0 Å². The second-order valence-electron chi connectivity index (χ2n) is 5.78. The summed E-state index contributed by atoms with van der Waals surface area (Å²) in [6.45, 7) is 6.94. The maximum absolute atomic E-state index is 4.49. The van der Waals surface area contributed by atoms with Crippen LogP contribution in [0.1, 0.15) is 23.5 Å². The van der Waals surface area contributed by atoms with Crippen molar-refractivity contribution >= 4 is 5.82 Å². The van der Waals surface area contributed by atoms with Gasteiger partial charge in [0.25, 0.3) is 0 Å². The maximum atomic E-state index is 4.49. The van der Waals surface area contributed by atoms with Crippen molar-refractivity contribution < 1.29 is 0 Å². The minimum Gasteiger partial charge on any atom is -0.360 e. The Balaban J connectivity index is 1.78. The number of aromatic nitrogens is 3. The van der Waals surface area contributed by atoms with E-state index in [1.165, 1.54) is 5.56 Å². The van der Waals surface area contributed by atoms with Gasteiger partial charge in [0, 0.05) is 44.3 Å². The van der Waals surface area contributed by atoms with E-state index in [1.807, 2.05) is 32.3 Å². The molecule has 0 amide bonds. The summed E-state index contributed by atoms with van der Waals surface area (Å²) in [4.78, 5) is 17.4. The van der Waals surface area contributed by atoms with Gasteiger partial charge in [0.2, 0.25) is 0 Å². The summed E-state index contributed by atoms with van der Waals surface area (Å²) < 4.78 is 0. The average molecular weight is 299 g/mol. The topological polar surface area (TPSA) is 45.2 Å². The fraction of sp³-hybridized carbons (Fsp3) is 0.471. The highest BCUT2D eigenvalue weighted by Gasteiger charge is 2.06. The molecule has 0 aliphatic carbocycles. The standard InChI is InChI=1S/C17H25N5/c1-14-12-17(20-15(2)19-14)22(4)11-5-10-21(3)13-16-6-8-18-9-7-16/h6-9,12H,5,10-11,13H2,1-4H3. The highest BCUT2D eigenvalue weighted by molar-refractivity contribution is 5.38. The number of hydrogen-bond acceptors (Lipinski definition) is 5. The predicted molar refractivity (Wildman–Crippen MR) is 90.0 cm³/mol. The summed E-state index contributed by atoms with van der Waals surface area (Å²) >= 11 is 0. The fourth-order valence-electron chi connectivity index (χ4n) is 2.46. The lowest BCUT2D eigenvalue weighted by Crippen LogP contribution is -2.26. The number of pyridine rings is 1. The molecule has 0 unspecified atom stereocenters. The van der Waals surface area contributed by atoms with Gasteiger partial charge in [0.15, 0.2) is 0 Å². The van der Waals surface area contributed by atoms with Crippen molar-refractivity contribution in [3.63, 3.8) is 0 Å².